The van der Waals surface area contributed by atoms with Crippen LogP contribution in [0.1, 0.15) is 41.2 Å². The summed E-state index contributed by atoms with van der Waals surface area (Å²) in [6.07, 6.45) is 5.99. The van der Waals surface area contributed by atoms with Crippen molar-refractivity contribution in [1.82, 2.24) is 15.2 Å². The molecule has 1 fully saturated rings. The predicted molar refractivity (Wildman–Crippen MR) is 82.1 cm³/mol. The Morgan fingerprint density at radius 3 is 3.00 bits per heavy atom. The summed E-state index contributed by atoms with van der Waals surface area (Å²) < 4.78 is 0. The summed E-state index contributed by atoms with van der Waals surface area (Å²) in [5.41, 5.74) is 6.00. The number of carbonyl (C=O) groups is 1. The second-order valence-electron chi connectivity index (χ2n) is 5.34. The van der Waals surface area contributed by atoms with Gasteiger partial charge in [-0.2, -0.15) is 0 Å². The van der Waals surface area contributed by atoms with Gasteiger partial charge < -0.3 is 16.0 Å². The Morgan fingerprint density at radius 1 is 1.55 bits per heavy atom. The summed E-state index contributed by atoms with van der Waals surface area (Å²) in [5.74, 6) is -0.0793. The molecule has 0 unspecified atom stereocenters. The molecule has 0 spiro atoms. The molecule has 1 amide bonds. The number of aromatic nitrogens is 1. The highest BCUT2D eigenvalue weighted by molar-refractivity contribution is 7.09. The Kier molecular flexibility index (Phi) is 5.94. The molecule has 2 rings (SSSR count). The lowest BCUT2D eigenvalue weighted by molar-refractivity contribution is 0.0942. The molecule has 20 heavy (non-hydrogen) atoms. The molecule has 112 valence electrons. The van der Waals surface area contributed by atoms with E-state index in [4.69, 9.17) is 5.73 Å². The molecule has 3 N–H and O–H groups in total. The van der Waals surface area contributed by atoms with Crippen molar-refractivity contribution in [1.29, 1.82) is 0 Å². The average Bonchev–Trinajstić information content (AvgIpc) is 3.10. The van der Waals surface area contributed by atoms with Gasteiger partial charge in [0.1, 0.15) is 5.69 Å². The zero-order chi connectivity index (χ0) is 14.4. The van der Waals surface area contributed by atoms with E-state index >= 15 is 0 Å². The van der Waals surface area contributed by atoms with E-state index in [1.54, 1.807) is 5.38 Å². The first-order valence-corrected chi connectivity index (χ1v) is 8.21. The van der Waals surface area contributed by atoms with E-state index in [-0.39, 0.29) is 5.91 Å². The summed E-state index contributed by atoms with van der Waals surface area (Å²) in [6, 6.07) is 0.697. The second kappa shape index (κ2) is 7.71. The quantitative estimate of drug-likeness (QED) is 0.794. The smallest absolute Gasteiger partial charge is 0.270 e. The SMILES string of the molecule is CN(CCNC(=O)c1csc(CCN)n1)C1CCCC1. The summed E-state index contributed by atoms with van der Waals surface area (Å²) in [6.45, 7) is 2.15. The fourth-order valence-corrected chi connectivity index (χ4v) is 3.41. The lowest BCUT2D eigenvalue weighted by atomic mass is 10.2. The number of likely N-dealkylation sites (N-methyl/N-ethyl adjacent to an activating group) is 1. The molecule has 1 aliphatic carbocycles. The van der Waals surface area contributed by atoms with Gasteiger partial charge in [-0.15, -0.1) is 11.3 Å². The molecular weight excluding hydrogens is 272 g/mol. The molecule has 0 bridgehead atoms. The van der Waals surface area contributed by atoms with Crippen molar-refractivity contribution < 1.29 is 4.79 Å². The van der Waals surface area contributed by atoms with Crippen LogP contribution in [-0.2, 0) is 6.42 Å². The Labute approximate surface area is 124 Å². The predicted octanol–water partition coefficient (Wildman–Crippen LogP) is 1.25. The Hall–Kier alpha value is -0.980. The molecule has 5 nitrogen and oxygen atoms in total. The summed E-state index contributed by atoms with van der Waals surface area (Å²) >= 11 is 1.50. The number of hydrogen-bond acceptors (Lipinski definition) is 5. The van der Waals surface area contributed by atoms with Gasteiger partial charge in [0, 0.05) is 30.9 Å². The Bertz CT molecular complexity index is 429. The molecule has 0 saturated heterocycles. The molecule has 1 aromatic heterocycles. The van der Waals surface area contributed by atoms with Crippen LogP contribution in [0.25, 0.3) is 0 Å². The molecule has 0 aromatic carbocycles. The third-order valence-electron chi connectivity index (χ3n) is 3.84. The maximum absolute atomic E-state index is 11.9. The van der Waals surface area contributed by atoms with E-state index in [1.165, 1.54) is 37.0 Å². The van der Waals surface area contributed by atoms with Gasteiger partial charge in [0.25, 0.3) is 5.91 Å². The first-order valence-electron chi connectivity index (χ1n) is 7.33. The number of carbonyl (C=O) groups excluding carboxylic acids is 1. The van der Waals surface area contributed by atoms with Gasteiger partial charge in [0.15, 0.2) is 0 Å². The lowest BCUT2D eigenvalue weighted by Gasteiger charge is -2.23. The Morgan fingerprint density at radius 2 is 2.30 bits per heavy atom. The largest absolute Gasteiger partial charge is 0.349 e. The Balaban J connectivity index is 1.71. The van der Waals surface area contributed by atoms with E-state index < -0.39 is 0 Å². The van der Waals surface area contributed by atoms with Gasteiger partial charge in [-0.05, 0) is 26.4 Å². The van der Waals surface area contributed by atoms with Gasteiger partial charge in [-0.3, -0.25) is 4.79 Å². The van der Waals surface area contributed by atoms with Gasteiger partial charge >= 0.3 is 0 Å². The summed E-state index contributed by atoms with van der Waals surface area (Å²) in [7, 11) is 2.14. The fourth-order valence-electron chi connectivity index (χ4n) is 2.62. The molecule has 0 atom stereocenters. The second-order valence-corrected chi connectivity index (χ2v) is 6.28. The number of nitrogens with two attached hydrogens (primary N) is 1. The highest BCUT2D eigenvalue weighted by Crippen LogP contribution is 2.21. The first kappa shape index (κ1) is 15.4. The van der Waals surface area contributed by atoms with Crippen molar-refractivity contribution in [3.05, 3.63) is 16.1 Å². The minimum Gasteiger partial charge on any atom is -0.349 e. The molecule has 1 aromatic rings. The van der Waals surface area contributed by atoms with Crippen molar-refractivity contribution in [3.8, 4) is 0 Å². The van der Waals surface area contributed by atoms with E-state index in [2.05, 4.69) is 22.2 Å². The molecule has 0 aliphatic heterocycles. The van der Waals surface area contributed by atoms with Crippen LogP contribution in [0.5, 0.6) is 0 Å². The van der Waals surface area contributed by atoms with Crippen molar-refractivity contribution in [2.24, 2.45) is 5.73 Å². The molecule has 6 heteroatoms. The molecule has 1 aliphatic rings. The summed E-state index contributed by atoms with van der Waals surface area (Å²) in [4.78, 5) is 18.6. The van der Waals surface area contributed by atoms with Crippen molar-refractivity contribution in [3.63, 3.8) is 0 Å². The molecule has 0 radical (unpaired) electrons. The minimum atomic E-state index is -0.0793. The van der Waals surface area contributed by atoms with Gasteiger partial charge in [-0.1, -0.05) is 12.8 Å². The van der Waals surface area contributed by atoms with E-state index in [1.807, 2.05) is 0 Å². The number of hydrogen-bond donors (Lipinski definition) is 2. The van der Waals surface area contributed by atoms with Crippen molar-refractivity contribution >= 4 is 17.2 Å². The maximum atomic E-state index is 11.9. The van der Waals surface area contributed by atoms with Crippen LogP contribution in [0.3, 0.4) is 0 Å². The van der Waals surface area contributed by atoms with Crippen molar-refractivity contribution in [2.45, 2.75) is 38.1 Å². The zero-order valence-corrected chi connectivity index (χ0v) is 12.9. The average molecular weight is 296 g/mol. The number of rotatable bonds is 7. The lowest BCUT2D eigenvalue weighted by Crippen LogP contribution is -2.37. The van der Waals surface area contributed by atoms with Crippen LogP contribution in [0, 0.1) is 0 Å². The standard InChI is InChI=1S/C14H24N4OS/c1-18(11-4-2-3-5-11)9-8-16-14(19)12-10-20-13(17-12)6-7-15/h10-11H,2-9,15H2,1H3,(H,16,19). The van der Waals surface area contributed by atoms with Gasteiger partial charge in [-0.25, -0.2) is 4.98 Å². The normalized spacial score (nSPS) is 15.9. The van der Waals surface area contributed by atoms with Crippen LogP contribution in [-0.4, -0.2) is 48.5 Å². The fraction of sp³-hybridized carbons (Fsp3) is 0.714. The highest BCUT2D eigenvalue weighted by Gasteiger charge is 2.19. The van der Waals surface area contributed by atoms with E-state index in [0.29, 0.717) is 24.8 Å². The number of amides is 1. The van der Waals surface area contributed by atoms with Crippen LogP contribution >= 0.6 is 11.3 Å². The number of thiazole rings is 1. The topological polar surface area (TPSA) is 71.2 Å². The molecule has 1 heterocycles. The monoisotopic (exact) mass is 296 g/mol. The highest BCUT2D eigenvalue weighted by atomic mass is 32.1. The summed E-state index contributed by atoms with van der Waals surface area (Å²) in [5, 5.41) is 5.68. The number of nitrogens with one attached hydrogen (secondary N) is 1. The first-order chi connectivity index (χ1) is 9.70. The van der Waals surface area contributed by atoms with Gasteiger partial charge in [0.2, 0.25) is 0 Å². The molecular formula is C14H24N4OS. The van der Waals surface area contributed by atoms with Crippen LogP contribution in [0.4, 0.5) is 0 Å². The van der Waals surface area contributed by atoms with E-state index in [0.717, 1.165) is 18.0 Å². The molecule has 1 saturated carbocycles. The van der Waals surface area contributed by atoms with Crippen LogP contribution < -0.4 is 11.1 Å². The zero-order valence-electron chi connectivity index (χ0n) is 12.1. The third-order valence-corrected chi connectivity index (χ3v) is 4.75. The minimum absolute atomic E-state index is 0.0793. The van der Waals surface area contributed by atoms with Crippen molar-refractivity contribution in [2.75, 3.05) is 26.7 Å². The number of nitrogens with zero attached hydrogens (tertiary/aromatic N) is 2. The van der Waals surface area contributed by atoms with Crippen LogP contribution in [0.15, 0.2) is 5.38 Å². The van der Waals surface area contributed by atoms with E-state index in [9.17, 15) is 4.79 Å². The van der Waals surface area contributed by atoms with Gasteiger partial charge in [0.05, 0.1) is 5.01 Å². The van der Waals surface area contributed by atoms with Crippen LogP contribution in [0.2, 0.25) is 0 Å². The third kappa shape index (κ3) is 4.26. The maximum Gasteiger partial charge on any atom is 0.270 e.